The predicted octanol–water partition coefficient (Wildman–Crippen LogP) is 2.38. The predicted molar refractivity (Wildman–Crippen MR) is 90.6 cm³/mol. The Labute approximate surface area is 142 Å². The number of thiazole rings is 1. The van der Waals surface area contributed by atoms with Gasteiger partial charge in [0.2, 0.25) is 0 Å². The fraction of sp³-hybridized carbons (Fsp3) is 0.375. The molecule has 5 rings (SSSR count). The molecule has 0 saturated carbocycles. The van der Waals surface area contributed by atoms with Gasteiger partial charge in [-0.15, -0.1) is 0 Å². The van der Waals surface area contributed by atoms with Gasteiger partial charge in [-0.3, -0.25) is 0 Å². The molecule has 2 aliphatic heterocycles. The second kappa shape index (κ2) is 5.09. The average molecular weight is 344 g/mol. The summed E-state index contributed by atoms with van der Waals surface area (Å²) in [6.07, 6.45) is 0.793. The topological polar surface area (TPSA) is 86.6 Å². The van der Waals surface area contributed by atoms with Crippen molar-refractivity contribution in [3.63, 3.8) is 0 Å². The standard InChI is InChI=1S/C16H16N4O3S/c1-21-9-2-3-13-10(5-9)19-16(23-13)20-8-4-11-14(24-15(17)18-11)12(20)7-22-6-8/h2-3,5,8,12H,4,6-7H2,1H3,(H2,17,18)/t8-,12-/m0/s1. The first-order chi connectivity index (χ1) is 11.7. The molecule has 2 aromatic heterocycles. The molecule has 2 N–H and O–H groups in total. The Morgan fingerprint density at radius 3 is 3.12 bits per heavy atom. The summed E-state index contributed by atoms with van der Waals surface area (Å²) in [5.74, 6) is 0.766. The second-order valence-electron chi connectivity index (χ2n) is 6.01. The van der Waals surface area contributed by atoms with Crippen molar-refractivity contribution in [3.8, 4) is 5.75 Å². The zero-order chi connectivity index (χ0) is 16.3. The van der Waals surface area contributed by atoms with Crippen LogP contribution in [0.3, 0.4) is 0 Å². The van der Waals surface area contributed by atoms with E-state index in [1.54, 1.807) is 7.11 Å². The first kappa shape index (κ1) is 14.1. The zero-order valence-electron chi connectivity index (χ0n) is 13.1. The molecule has 2 atom stereocenters. The van der Waals surface area contributed by atoms with Crippen molar-refractivity contribution in [1.29, 1.82) is 0 Å². The minimum Gasteiger partial charge on any atom is -0.497 e. The van der Waals surface area contributed by atoms with Gasteiger partial charge >= 0.3 is 0 Å². The van der Waals surface area contributed by atoms with Crippen molar-refractivity contribution in [3.05, 3.63) is 28.8 Å². The summed E-state index contributed by atoms with van der Waals surface area (Å²) in [4.78, 5) is 12.5. The number of ether oxygens (including phenoxy) is 2. The van der Waals surface area contributed by atoms with Crippen LogP contribution in [0, 0.1) is 0 Å². The highest BCUT2D eigenvalue weighted by molar-refractivity contribution is 7.15. The first-order valence-electron chi connectivity index (χ1n) is 7.78. The number of methoxy groups -OCH3 is 1. The Morgan fingerprint density at radius 2 is 2.25 bits per heavy atom. The molecule has 7 nitrogen and oxygen atoms in total. The number of hydrogen-bond donors (Lipinski definition) is 1. The van der Waals surface area contributed by atoms with Crippen molar-refractivity contribution in [2.45, 2.75) is 18.5 Å². The third kappa shape index (κ3) is 1.99. The lowest BCUT2D eigenvalue weighted by atomic mass is 9.97. The van der Waals surface area contributed by atoms with Gasteiger partial charge in [0.15, 0.2) is 10.7 Å². The molecule has 2 aliphatic rings. The summed E-state index contributed by atoms with van der Waals surface area (Å²) >= 11 is 1.53. The molecule has 124 valence electrons. The van der Waals surface area contributed by atoms with E-state index in [-0.39, 0.29) is 12.1 Å². The summed E-state index contributed by atoms with van der Waals surface area (Å²) in [5.41, 5.74) is 8.54. The fourth-order valence-corrected chi connectivity index (χ4v) is 4.47. The Bertz CT molecular complexity index is 921. The number of nitrogens with zero attached hydrogens (tertiary/aromatic N) is 3. The molecule has 3 aromatic rings. The maximum Gasteiger partial charge on any atom is 0.299 e. The Morgan fingerprint density at radius 1 is 1.33 bits per heavy atom. The zero-order valence-corrected chi connectivity index (χ0v) is 13.9. The van der Waals surface area contributed by atoms with E-state index in [1.165, 1.54) is 11.3 Å². The van der Waals surface area contributed by atoms with Crippen molar-refractivity contribution in [2.24, 2.45) is 0 Å². The molecule has 1 aromatic carbocycles. The van der Waals surface area contributed by atoms with Gasteiger partial charge in [0.25, 0.3) is 6.01 Å². The lowest BCUT2D eigenvalue weighted by molar-refractivity contribution is 0.0579. The molecule has 0 spiro atoms. The summed E-state index contributed by atoms with van der Waals surface area (Å²) in [5, 5.41) is 0.606. The second-order valence-corrected chi connectivity index (χ2v) is 7.07. The molecule has 24 heavy (non-hydrogen) atoms. The number of rotatable bonds is 2. The van der Waals surface area contributed by atoms with Crippen LogP contribution in [0.5, 0.6) is 5.75 Å². The Kier molecular flexibility index (Phi) is 2.98. The van der Waals surface area contributed by atoms with Gasteiger partial charge in [0, 0.05) is 12.5 Å². The number of hydrogen-bond acceptors (Lipinski definition) is 8. The number of fused-ring (bicyclic) bond motifs is 5. The van der Waals surface area contributed by atoms with Gasteiger partial charge in [-0.25, -0.2) is 4.98 Å². The monoisotopic (exact) mass is 344 g/mol. The summed E-state index contributed by atoms with van der Waals surface area (Å²) in [6.45, 7) is 1.22. The average Bonchev–Trinajstić information content (AvgIpc) is 3.16. The van der Waals surface area contributed by atoms with E-state index in [1.807, 2.05) is 18.2 Å². The quantitative estimate of drug-likeness (QED) is 0.763. The van der Waals surface area contributed by atoms with Crippen LogP contribution in [0.15, 0.2) is 22.6 Å². The van der Waals surface area contributed by atoms with Gasteiger partial charge in [-0.1, -0.05) is 11.3 Å². The molecule has 0 radical (unpaired) electrons. The van der Waals surface area contributed by atoms with E-state index in [0.717, 1.165) is 33.8 Å². The molecule has 1 saturated heterocycles. The van der Waals surface area contributed by atoms with Crippen molar-refractivity contribution >= 4 is 33.6 Å². The molecule has 8 heteroatoms. The molecule has 4 heterocycles. The van der Waals surface area contributed by atoms with E-state index in [2.05, 4.69) is 14.9 Å². The molecular weight excluding hydrogens is 328 g/mol. The smallest absolute Gasteiger partial charge is 0.299 e. The van der Waals surface area contributed by atoms with Gasteiger partial charge in [0.1, 0.15) is 11.3 Å². The van der Waals surface area contributed by atoms with Gasteiger partial charge < -0.3 is 24.5 Å². The maximum absolute atomic E-state index is 6.02. The van der Waals surface area contributed by atoms with E-state index in [0.29, 0.717) is 24.4 Å². The highest BCUT2D eigenvalue weighted by Crippen LogP contribution is 2.43. The van der Waals surface area contributed by atoms with Crippen LogP contribution in [0.4, 0.5) is 11.1 Å². The SMILES string of the molecule is COc1ccc2oc(N3[C@@H]4COC[C@H]3c3sc(N)nc3C4)nc2c1. The number of aromatic nitrogens is 2. The van der Waals surface area contributed by atoms with Crippen LogP contribution in [0.1, 0.15) is 16.6 Å². The number of oxazole rings is 1. The molecular formula is C16H16N4O3S. The first-order valence-corrected chi connectivity index (χ1v) is 8.60. The van der Waals surface area contributed by atoms with Gasteiger partial charge in [-0.05, 0) is 12.1 Å². The van der Waals surface area contributed by atoms with Crippen molar-refractivity contribution in [2.75, 3.05) is 31.0 Å². The van der Waals surface area contributed by atoms with E-state index in [4.69, 9.17) is 19.6 Å². The third-order valence-corrected chi connectivity index (χ3v) is 5.62. The fourth-order valence-electron chi connectivity index (χ4n) is 3.52. The molecule has 1 fully saturated rings. The van der Waals surface area contributed by atoms with Crippen LogP contribution in [0.2, 0.25) is 0 Å². The van der Waals surface area contributed by atoms with E-state index >= 15 is 0 Å². The number of benzene rings is 1. The minimum atomic E-state index is 0.0530. The van der Waals surface area contributed by atoms with E-state index in [9.17, 15) is 0 Å². The molecule has 0 unspecified atom stereocenters. The summed E-state index contributed by atoms with van der Waals surface area (Å²) in [7, 11) is 1.64. The van der Waals surface area contributed by atoms with Crippen LogP contribution in [-0.2, 0) is 11.2 Å². The number of morpholine rings is 1. The molecule has 0 amide bonds. The molecule has 0 aliphatic carbocycles. The van der Waals surface area contributed by atoms with Gasteiger partial charge in [0.05, 0.1) is 43.0 Å². The maximum atomic E-state index is 6.02. The summed E-state index contributed by atoms with van der Waals surface area (Å²) < 4.78 is 17.1. The number of nitrogen functional groups attached to an aromatic ring is 1. The van der Waals surface area contributed by atoms with E-state index < -0.39 is 0 Å². The lowest BCUT2D eigenvalue weighted by Crippen LogP contribution is -2.51. The van der Waals surface area contributed by atoms with Crippen molar-refractivity contribution in [1.82, 2.24) is 9.97 Å². The highest BCUT2D eigenvalue weighted by atomic mass is 32.1. The minimum absolute atomic E-state index is 0.0530. The normalized spacial score (nSPS) is 22.6. The summed E-state index contributed by atoms with van der Waals surface area (Å²) in [6, 6.07) is 6.48. The van der Waals surface area contributed by atoms with Gasteiger partial charge in [-0.2, -0.15) is 4.98 Å². The van der Waals surface area contributed by atoms with Crippen molar-refractivity contribution < 1.29 is 13.9 Å². The van der Waals surface area contributed by atoms with Crippen LogP contribution in [0.25, 0.3) is 11.1 Å². The Balaban J connectivity index is 1.61. The number of anilines is 2. The largest absolute Gasteiger partial charge is 0.497 e. The van der Waals surface area contributed by atoms with Crippen LogP contribution >= 0.6 is 11.3 Å². The van der Waals surface area contributed by atoms with Crippen LogP contribution < -0.4 is 15.4 Å². The number of nitrogens with two attached hydrogens (primary N) is 1. The Hall–Kier alpha value is -2.32. The third-order valence-electron chi connectivity index (χ3n) is 4.60. The highest BCUT2D eigenvalue weighted by Gasteiger charge is 2.42. The van der Waals surface area contributed by atoms with Crippen LogP contribution in [-0.4, -0.2) is 36.3 Å². The lowest BCUT2D eigenvalue weighted by Gasteiger charge is -2.43. The molecule has 2 bridgehead atoms.